The average Bonchev–Trinajstić information content (AvgIpc) is 3.01. The van der Waals surface area contributed by atoms with Gasteiger partial charge >= 0.3 is 12.4 Å². The fourth-order valence-corrected chi connectivity index (χ4v) is 3.98. The molecule has 2 aromatic heterocycles. The second kappa shape index (κ2) is 9.02. The molecule has 0 aliphatic carbocycles. The van der Waals surface area contributed by atoms with E-state index in [9.17, 15) is 26.3 Å². The van der Waals surface area contributed by atoms with Crippen LogP contribution in [-0.2, 0) is 12.4 Å². The van der Waals surface area contributed by atoms with Crippen LogP contribution in [0.15, 0.2) is 52.9 Å². The van der Waals surface area contributed by atoms with E-state index >= 15 is 0 Å². The van der Waals surface area contributed by atoms with Crippen LogP contribution >= 0.6 is 0 Å². The summed E-state index contributed by atoms with van der Waals surface area (Å²) in [5, 5.41) is 9.31. The lowest BCUT2D eigenvalue weighted by Crippen LogP contribution is -2.54. The van der Waals surface area contributed by atoms with Crippen LogP contribution in [0.25, 0.3) is 0 Å². The van der Waals surface area contributed by atoms with Gasteiger partial charge in [-0.2, -0.15) is 26.3 Å². The second-order valence-electron chi connectivity index (χ2n) is 8.28. The fourth-order valence-electron chi connectivity index (χ4n) is 3.98. The summed E-state index contributed by atoms with van der Waals surface area (Å²) in [5.74, 6) is -0.548. The summed E-state index contributed by atoms with van der Waals surface area (Å²) in [4.78, 5) is 14.1. The van der Waals surface area contributed by atoms with Crippen molar-refractivity contribution in [3.8, 4) is 0 Å². The summed E-state index contributed by atoms with van der Waals surface area (Å²) in [7, 11) is 1.68. The van der Waals surface area contributed by atoms with Crippen molar-refractivity contribution in [1.29, 1.82) is 0 Å². The number of nitrogens with zero attached hydrogens (tertiary/aromatic N) is 4. The third kappa shape index (κ3) is 5.34. The third-order valence-corrected chi connectivity index (χ3v) is 5.86. The third-order valence-electron chi connectivity index (χ3n) is 5.86. The van der Waals surface area contributed by atoms with Crippen LogP contribution in [0.5, 0.6) is 0 Å². The molecule has 0 saturated carbocycles. The highest BCUT2D eigenvalue weighted by atomic mass is 19.4. The summed E-state index contributed by atoms with van der Waals surface area (Å²) in [5.41, 5.74) is -0.213. The van der Waals surface area contributed by atoms with Crippen molar-refractivity contribution < 1.29 is 26.3 Å². The van der Waals surface area contributed by atoms with Gasteiger partial charge in [0.25, 0.3) is 0 Å². The summed E-state index contributed by atoms with van der Waals surface area (Å²) in [6.07, 6.45) is -6.31. The maximum Gasteiger partial charge on any atom is 0.419 e. The number of halogens is 6. The molecule has 7 nitrogen and oxygen atoms in total. The van der Waals surface area contributed by atoms with Crippen molar-refractivity contribution in [2.45, 2.75) is 37.9 Å². The Morgan fingerprint density at radius 1 is 1.00 bits per heavy atom. The minimum atomic E-state index is -4.55. The van der Waals surface area contributed by atoms with Crippen molar-refractivity contribution in [2.75, 3.05) is 30.4 Å². The summed E-state index contributed by atoms with van der Waals surface area (Å²) >= 11 is 0. The van der Waals surface area contributed by atoms with Crippen LogP contribution in [0.2, 0.25) is 0 Å². The van der Waals surface area contributed by atoms with Crippen LogP contribution in [0.3, 0.4) is 0 Å². The molecule has 188 valence electrons. The zero-order valence-electron chi connectivity index (χ0n) is 18.8. The Kier molecular flexibility index (Phi) is 6.38. The monoisotopic (exact) mass is 499 g/mol. The van der Waals surface area contributed by atoms with Crippen molar-refractivity contribution in [1.82, 2.24) is 20.6 Å². The molecule has 2 aliphatic heterocycles. The van der Waals surface area contributed by atoms with Crippen molar-refractivity contribution in [3.05, 3.63) is 59.1 Å². The van der Waals surface area contributed by atoms with E-state index in [1.807, 2.05) is 0 Å². The van der Waals surface area contributed by atoms with Gasteiger partial charge in [0.15, 0.2) is 5.79 Å². The number of nitrogens with one attached hydrogen (secondary N) is 3. The number of amidine groups is 1. The fraction of sp³-hybridized carbons (Fsp3) is 0.409. The molecule has 3 N–H and O–H groups in total. The topological polar surface area (TPSA) is 77.5 Å². The molecule has 35 heavy (non-hydrogen) atoms. The first-order valence-electron chi connectivity index (χ1n) is 10.8. The lowest BCUT2D eigenvalue weighted by atomic mass is 10.0. The maximum absolute atomic E-state index is 13.6. The first kappa shape index (κ1) is 24.8. The molecular weight excluding hydrogens is 476 g/mol. The number of hydrogen-bond acceptors (Lipinski definition) is 7. The molecule has 0 radical (unpaired) electrons. The van der Waals surface area contributed by atoms with Crippen molar-refractivity contribution in [2.24, 2.45) is 4.99 Å². The zero-order chi connectivity index (χ0) is 25.4. The molecule has 2 aliphatic rings. The molecule has 4 heterocycles. The van der Waals surface area contributed by atoms with E-state index in [1.165, 1.54) is 18.3 Å². The van der Waals surface area contributed by atoms with Gasteiger partial charge < -0.3 is 15.5 Å². The van der Waals surface area contributed by atoms with E-state index in [-0.39, 0.29) is 24.7 Å². The molecule has 0 fully saturated rings. The first-order valence-corrected chi connectivity index (χ1v) is 10.8. The first-order chi connectivity index (χ1) is 16.4. The van der Waals surface area contributed by atoms with E-state index in [1.54, 1.807) is 18.9 Å². The minimum Gasteiger partial charge on any atom is -0.355 e. The smallest absolute Gasteiger partial charge is 0.355 e. The number of alkyl halides is 6. The molecule has 1 unspecified atom stereocenters. The highest BCUT2D eigenvalue weighted by Gasteiger charge is 2.37. The highest BCUT2D eigenvalue weighted by molar-refractivity contribution is 6.08. The van der Waals surface area contributed by atoms with Crippen LogP contribution in [0.1, 0.15) is 30.9 Å². The predicted molar refractivity (Wildman–Crippen MR) is 119 cm³/mol. The Hall–Kier alpha value is -3.35. The van der Waals surface area contributed by atoms with E-state index in [2.05, 4.69) is 30.9 Å². The van der Waals surface area contributed by atoms with Gasteiger partial charge in [-0.15, -0.1) is 0 Å². The molecule has 0 spiro atoms. The largest absolute Gasteiger partial charge is 0.419 e. The number of aliphatic imine (C=N–C) groups is 1. The van der Waals surface area contributed by atoms with E-state index in [4.69, 9.17) is 0 Å². The Balaban J connectivity index is 1.61. The highest BCUT2D eigenvalue weighted by Crippen LogP contribution is 2.37. The molecule has 2 aromatic rings. The van der Waals surface area contributed by atoms with Gasteiger partial charge in [0.1, 0.15) is 17.5 Å². The molecule has 0 aromatic carbocycles. The van der Waals surface area contributed by atoms with Gasteiger partial charge in [-0.25, -0.2) is 15.0 Å². The SMILES string of the molecule is CNC1(C)N=C(Nc2ccc(C(F)(F)F)cn2)C2=C(CCN(c3ncccc3C(F)(F)F)CC2)N1. The Bertz CT molecular complexity index is 1140. The van der Waals surface area contributed by atoms with Crippen molar-refractivity contribution in [3.63, 3.8) is 0 Å². The summed E-state index contributed by atoms with van der Waals surface area (Å²) < 4.78 is 79.3. The van der Waals surface area contributed by atoms with Crippen molar-refractivity contribution >= 4 is 17.5 Å². The van der Waals surface area contributed by atoms with Gasteiger partial charge in [-0.1, -0.05) is 0 Å². The van der Waals surface area contributed by atoms with Gasteiger partial charge in [0.2, 0.25) is 0 Å². The predicted octanol–water partition coefficient (Wildman–Crippen LogP) is 4.38. The number of pyridine rings is 2. The van der Waals surface area contributed by atoms with E-state index in [0.717, 1.165) is 24.0 Å². The molecule has 1 atom stereocenters. The lowest BCUT2D eigenvalue weighted by Gasteiger charge is -2.35. The van der Waals surface area contributed by atoms with E-state index in [0.29, 0.717) is 24.3 Å². The van der Waals surface area contributed by atoms with Gasteiger partial charge in [-0.05, 0) is 44.7 Å². The second-order valence-corrected chi connectivity index (χ2v) is 8.28. The maximum atomic E-state index is 13.6. The van der Waals surface area contributed by atoms with Crippen LogP contribution in [-0.4, -0.2) is 41.7 Å². The number of rotatable bonds is 3. The lowest BCUT2D eigenvalue weighted by molar-refractivity contribution is -0.138. The van der Waals surface area contributed by atoms with Gasteiger partial charge in [-0.3, -0.25) is 5.32 Å². The average molecular weight is 499 g/mol. The van der Waals surface area contributed by atoms with Crippen LogP contribution in [0.4, 0.5) is 38.0 Å². The van der Waals surface area contributed by atoms with Crippen LogP contribution in [0, 0.1) is 0 Å². The van der Waals surface area contributed by atoms with Gasteiger partial charge in [0, 0.05) is 43.2 Å². The molecule has 0 amide bonds. The minimum absolute atomic E-state index is 0.146. The quantitative estimate of drug-likeness (QED) is 0.545. The Labute approximate surface area is 197 Å². The normalized spacial score (nSPS) is 21.1. The zero-order valence-corrected chi connectivity index (χ0v) is 18.8. The molecule has 0 bridgehead atoms. The number of aromatic nitrogens is 2. The molecule has 0 saturated heterocycles. The standard InChI is InChI=1S/C22H23F6N7/c1-20(29-2)33-16-8-11-35(19-15(22(26,27)28)4-3-9-30-19)10-7-14(16)18(34-20)32-17-6-5-13(12-31-17)21(23,24)25/h3-6,9,12,29,33H,7-8,10-11H2,1-2H3,(H,31,32,34). The Morgan fingerprint density at radius 2 is 1.74 bits per heavy atom. The number of hydrogen-bond donors (Lipinski definition) is 3. The summed E-state index contributed by atoms with van der Waals surface area (Å²) in [6, 6.07) is 4.37. The van der Waals surface area contributed by atoms with E-state index < -0.39 is 29.3 Å². The van der Waals surface area contributed by atoms with Gasteiger partial charge in [0.05, 0.1) is 11.1 Å². The summed E-state index contributed by atoms with van der Waals surface area (Å²) in [6.45, 7) is 2.28. The Morgan fingerprint density at radius 3 is 2.37 bits per heavy atom. The number of anilines is 2. The molecule has 13 heteroatoms. The molecule has 4 rings (SSSR count). The molecular formula is C22H23F6N7. The van der Waals surface area contributed by atoms with Crippen LogP contribution < -0.4 is 20.9 Å².